The fourth-order valence-electron chi connectivity index (χ4n) is 1.53. The average molecular weight is 175 g/mol. The lowest BCUT2D eigenvalue weighted by atomic mass is 10.1. The third-order valence-corrected chi connectivity index (χ3v) is 2.16. The van der Waals surface area contributed by atoms with E-state index in [1.807, 2.05) is 31.4 Å². The summed E-state index contributed by atoms with van der Waals surface area (Å²) in [6, 6.07) is 5.91. The molecule has 68 valence electrons. The van der Waals surface area contributed by atoms with Gasteiger partial charge in [-0.25, -0.2) is 0 Å². The summed E-state index contributed by atoms with van der Waals surface area (Å²) < 4.78 is 0. The highest BCUT2D eigenvalue weighted by molar-refractivity contribution is 5.85. The Labute approximate surface area is 76.9 Å². The fraction of sp³-hybridized carbons (Fsp3) is 0.200. The van der Waals surface area contributed by atoms with Gasteiger partial charge in [0.25, 0.3) is 0 Å². The molecule has 1 heterocycles. The number of H-pyrrole nitrogens is 1. The van der Waals surface area contributed by atoms with E-state index in [4.69, 9.17) is 5.73 Å². The van der Waals surface area contributed by atoms with E-state index >= 15 is 0 Å². The summed E-state index contributed by atoms with van der Waals surface area (Å²) in [4.78, 5) is 3.20. The van der Waals surface area contributed by atoms with Crippen molar-refractivity contribution in [3.8, 4) is 0 Å². The number of anilines is 1. The van der Waals surface area contributed by atoms with Gasteiger partial charge < -0.3 is 16.0 Å². The van der Waals surface area contributed by atoms with E-state index in [1.54, 1.807) is 0 Å². The van der Waals surface area contributed by atoms with Crippen LogP contribution in [0.5, 0.6) is 0 Å². The molecule has 0 amide bonds. The molecule has 3 nitrogen and oxygen atoms in total. The Morgan fingerprint density at radius 3 is 3.08 bits per heavy atom. The van der Waals surface area contributed by atoms with E-state index in [-0.39, 0.29) is 0 Å². The summed E-state index contributed by atoms with van der Waals surface area (Å²) in [6.45, 7) is 0.865. The fourth-order valence-corrected chi connectivity index (χ4v) is 1.53. The molecule has 1 aromatic heterocycles. The molecule has 13 heavy (non-hydrogen) atoms. The van der Waals surface area contributed by atoms with Crippen LogP contribution in [0.25, 0.3) is 10.9 Å². The number of fused-ring (bicyclic) bond motifs is 1. The van der Waals surface area contributed by atoms with E-state index in [9.17, 15) is 0 Å². The van der Waals surface area contributed by atoms with Crippen molar-refractivity contribution < 1.29 is 0 Å². The maximum atomic E-state index is 5.71. The van der Waals surface area contributed by atoms with Crippen molar-refractivity contribution in [2.45, 2.75) is 6.54 Å². The third-order valence-electron chi connectivity index (χ3n) is 2.16. The average Bonchev–Trinajstić information content (AvgIpc) is 2.49. The van der Waals surface area contributed by atoms with Gasteiger partial charge in [0, 0.05) is 29.3 Å². The van der Waals surface area contributed by atoms with Crippen molar-refractivity contribution in [1.29, 1.82) is 0 Å². The zero-order chi connectivity index (χ0) is 9.26. The van der Waals surface area contributed by atoms with Crippen LogP contribution in [0.4, 0.5) is 5.69 Å². The third kappa shape index (κ3) is 1.38. The number of rotatable bonds is 2. The van der Waals surface area contributed by atoms with Crippen LogP contribution in [0.15, 0.2) is 24.4 Å². The first kappa shape index (κ1) is 8.13. The van der Waals surface area contributed by atoms with Gasteiger partial charge in [-0.2, -0.15) is 0 Å². The number of hydrogen-bond donors (Lipinski definition) is 3. The van der Waals surface area contributed by atoms with Gasteiger partial charge in [0.2, 0.25) is 0 Å². The zero-order valence-corrected chi connectivity index (χ0v) is 7.59. The lowest BCUT2D eigenvalue weighted by molar-refractivity contribution is 0.823. The number of aromatic nitrogens is 1. The smallest absolute Gasteiger partial charge is 0.0458 e. The lowest BCUT2D eigenvalue weighted by Crippen LogP contribution is -2.04. The molecule has 0 spiro atoms. The summed E-state index contributed by atoms with van der Waals surface area (Å²) in [6.07, 6.45) is 2.01. The van der Waals surface area contributed by atoms with Crippen LogP contribution in [-0.2, 0) is 6.54 Å². The maximum absolute atomic E-state index is 5.71. The van der Waals surface area contributed by atoms with Crippen LogP contribution in [0.3, 0.4) is 0 Å². The molecule has 0 saturated heterocycles. The first-order valence-corrected chi connectivity index (χ1v) is 4.31. The molecular weight excluding hydrogens is 162 g/mol. The van der Waals surface area contributed by atoms with E-state index in [2.05, 4.69) is 10.3 Å². The predicted octanol–water partition coefficient (Wildman–Crippen LogP) is 1.47. The molecule has 0 saturated carbocycles. The van der Waals surface area contributed by atoms with Crippen molar-refractivity contribution >= 4 is 16.6 Å². The number of aromatic amines is 1. The molecular formula is C10H13N3. The topological polar surface area (TPSA) is 53.8 Å². The van der Waals surface area contributed by atoms with Gasteiger partial charge in [0.1, 0.15) is 0 Å². The van der Waals surface area contributed by atoms with Crippen LogP contribution in [0.1, 0.15) is 5.56 Å². The van der Waals surface area contributed by atoms with Crippen molar-refractivity contribution in [2.24, 2.45) is 0 Å². The molecule has 0 atom stereocenters. The van der Waals surface area contributed by atoms with Crippen molar-refractivity contribution in [3.05, 3.63) is 30.0 Å². The number of hydrogen-bond acceptors (Lipinski definition) is 2. The molecule has 1 aromatic carbocycles. The quantitative estimate of drug-likeness (QED) is 0.605. The van der Waals surface area contributed by atoms with Crippen LogP contribution >= 0.6 is 0 Å². The van der Waals surface area contributed by atoms with Gasteiger partial charge >= 0.3 is 0 Å². The number of nitrogens with two attached hydrogens (primary N) is 1. The largest absolute Gasteiger partial charge is 0.399 e. The molecule has 4 N–H and O–H groups in total. The van der Waals surface area contributed by atoms with Gasteiger partial charge in [-0.15, -0.1) is 0 Å². The highest BCUT2D eigenvalue weighted by atomic mass is 14.8. The summed E-state index contributed by atoms with van der Waals surface area (Å²) in [5.41, 5.74) is 8.92. The molecule has 0 aliphatic heterocycles. The Balaban J connectivity index is 2.58. The van der Waals surface area contributed by atoms with E-state index < -0.39 is 0 Å². The zero-order valence-electron chi connectivity index (χ0n) is 7.59. The molecule has 2 aromatic rings. The van der Waals surface area contributed by atoms with Gasteiger partial charge in [-0.1, -0.05) is 0 Å². The standard InChI is InChI=1S/C10H13N3/c1-12-5-7-6-13-10-3-2-8(11)4-9(7)10/h2-4,6,12-13H,5,11H2,1H3. The highest BCUT2D eigenvalue weighted by Crippen LogP contribution is 2.20. The Bertz CT molecular complexity index is 417. The van der Waals surface area contributed by atoms with E-state index in [1.165, 1.54) is 10.9 Å². The van der Waals surface area contributed by atoms with Crippen molar-refractivity contribution in [3.63, 3.8) is 0 Å². The molecule has 0 unspecified atom stereocenters. The monoisotopic (exact) mass is 175 g/mol. The summed E-state index contributed by atoms with van der Waals surface area (Å²) in [5, 5.41) is 4.32. The second kappa shape index (κ2) is 3.11. The summed E-state index contributed by atoms with van der Waals surface area (Å²) in [5.74, 6) is 0. The molecule has 2 rings (SSSR count). The first-order chi connectivity index (χ1) is 6.31. The lowest BCUT2D eigenvalue weighted by Gasteiger charge is -1.98. The van der Waals surface area contributed by atoms with Gasteiger partial charge in [0.05, 0.1) is 0 Å². The van der Waals surface area contributed by atoms with E-state index in [0.29, 0.717) is 0 Å². The van der Waals surface area contributed by atoms with Gasteiger partial charge in [0.15, 0.2) is 0 Å². The molecule has 0 bridgehead atoms. The van der Waals surface area contributed by atoms with E-state index in [0.717, 1.165) is 17.7 Å². The van der Waals surface area contributed by atoms with Gasteiger partial charge in [-0.05, 0) is 30.8 Å². The SMILES string of the molecule is CNCc1c[nH]c2ccc(N)cc12. The Morgan fingerprint density at radius 2 is 2.31 bits per heavy atom. The Morgan fingerprint density at radius 1 is 1.46 bits per heavy atom. The Hall–Kier alpha value is -1.48. The Kier molecular flexibility index (Phi) is 1.94. The molecule has 0 radical (unpaired) electrons. The minimum absolute atomic E-state index is 0.810. The van der Waals surface area contributed by atoms with Crippen LogP contribution in [-0.4, -0.2) is 12.0 Å². The van der Waals surface area contributed by atoms with Crippen molar-refractivity contribution in [2.75, 3.05) is 12.8 Å². The second-order valence-corrected chi connectivity index (χ2v) is 3.15. The predicted molar refractivity (Wildman–Crippen MR) is 55.5 cm³/mol. The first-order valence-electron chi connectivity index (χ1n) is 4.31. The van der Waals surface area contributed by atoms with Crippen LogP contribution < -0.4 is 11.1 Å². The maximum Gasteiger partial charge on any atom is 0.0458 e. The molecule has 3 heteroatoms. The van der Waals surface area contributed by atoms with Crippen LogP contribution in [0.2, 0.25) is 0 Å². The highest BCUT2D eigenvalue weighted by Gasteiger charge is 2.01. The van der Waals surface area contributed by atoms with Gasteiger partial charge in [-0.3, -0.25) is 0 Å². The minimum atomic E-state index is 0.810. The summed E-state index contributed by atoms with van der Waals surface area (Å²) in [7, 11) is 1.94. The number of benzene rings is 1. The second-order valence-electron chi connectivity index (χ2n) is 3.15. The summed E-state index contributed by atoms with van der Waals surface area (Å²) >= 11 is 0. The normalized spacial score (nSPS) is 10.8. The number of nitrogens with one attached hydrogen (secondary N) is 2. The molecule has 0 aliphatic carbocycles. The minimum Gasteiger partial charge on any atom is -0.399 e. The van der Waals surface area contributed by atoms with Crippen LogP contribution in [0, 0.1) is 0 Å². The number of nitrogen functional groups attached to an aromatic ring is 1. The molecule has 0 fully saturated rings. The van der Waals surface area contributed by atoms with Crippen molar-refractivity contribution in [1.82, 2.24) is 10.3 Å². The molecule has 0 aliphatic rings.